The Morgan fingerprint density at radius 1 is 1.23 bits per heavy atom. The summed E-state index contributed by atoms with van der Waals surface area (Å²) < 4.78 is 13.1. The molecule has 2 aliphatic heterocycles. The van der Waals surface area contributed by atoms with Gasteiger partial charge in [0.25, 0.3) is 0 Å². The maximum absolute atomic E-state index is 13.1. The fourth-order valence-electron chi connectivity index (χ4n) is 3.31. The van der Waals surface area contributed by atoms with E-state index in [2.05, 4.69) is 16.0 Å². The molecule has 4 nitrogen and oxygen atoms in total. The van der Waals surface area contributed by atoms with Crippen LogP contribution in [0.1, 0.15) is 24.8 Å². The van der Waals surface area contributed by atoms with Crippen LogP contribution in [0.5, 0.6) is 0 Å². The minimum Gasteiger partial charge on any atom is -0.351 e. The molecule has 120 valence electrons. The first kappa shape index (κ1) is 15.4. The Kier molecular flexibility index (Phi) is 4.74. The summed E-state index contributed by atoms with van der Waals surface area (Å²) in [5, 5.41) is 9.77. The van der Waals surface area contributed by atoms with Crippen LogP contribution in [0.2, 0.25) is 0 Å². The van der Waals surface area contributed by atoms with Crippen molar-refractivity contribution in [2.75, 3.05) is 26.2 Å². The van der Waals surface area contributed by atoms with Gasteiger partial charge in [-0.2, -0.15) is 0 Å². The predicted molar refractivity (Wildman–Crippen MR) is 84.1 cm³/mol. The zero-order valence-electron chi connectivity index (χ0n) is 12.9. The van der Waals surface area contributed by atoms with Crippen LogP contribution in [0.3, 0.4) is 0 Å². The van der Waals surface area contributed by atoms with Gasteiger partial charge in [-0.3, -0.25) is 4.79 Å². The van der Waals surface area contributed by atoms with Crippen LogP contribution >= 0.6 is 0 Å². The van der Waals surface area contributed by atoms with Crippen LogP contribution in [0.25, 0.3) is 0 Å². The number of benzene rings is 1. The van der Waals surface area contributed by atoms with E-state index in [1.165, 1.54) is 12.1 Å². The second-order valence-electron chi connectivity index (χ2n) is 6.47. The highest BCUT2D eigenvalue weighted by Crippen LogP contribution is 2.26. The molecule has 1 amide bonds. The maximum atomic E-state index is 13.1. The van der Waals surface area contributed by atoms with E-state index in [0.29, 0.717) is 5.92 Å². The van der Waals surface area contributed by atoms with Crippen molar-refractivity contribution in [1.29, 1.82) is 0 Å². The lowest BCUT2D eigenvalue weighted by atomic mass is 9.84. The summed E-state index contributed by atoms with van der Waals surface area (Å²) in [4.78, 5) is 12.4. The first-order valence-corrected chi connectivity index (χ1v) is 8.12. The lowest BCUT2D eigenvalue weighted by Gasteiger charge is -2.36. The molecule has 0 aromatic heterocycles. The topological polar surface area (TPSA) is 53.2 Å². The van der Waals surface area contributed by atoms with Gasteiger partial charge in [-0.1, -0.05) is 19.1 Å². The number of carbonyl (C=O) groups excluding carboxylic acids is 1. The van der Waals surface area contributed by atoms with Crippen molar-refractivity contribution in [3.63, 3.8) is 0 Å². The number of halogens is 1. The van der Waals surface area contributed by atoms with Crippen molar-refractivity contribution in [2.45, 2.75) is 25.3 Å². The third-order valence-electron chi connectivity index (χ3n) is 5.04. The molecule has 5 heteroatoms. The van der Waals surface area contributed by atoms with Gasteiger partial charge in [-0.25, -0.2) is 4.39 Å². The fraction of sp³-hybridized carbons (Fsp3) is 0.588. The average molecular weight is 305 g/mol. The third-order valence-corrected chi connectivity index (χ3v) is 5.04. The molecule has 0 spiro atoms. The Hall–Kier alpha value is -1.46. The highest BCUT2D eigenvalue weighted by molar-refractivity contribution is 5.79. The van der Waals surface area contributed by atoms with Gasteiger partial charge in [0.1, 0.15) is 5.82 Å². The quantitative estimate of drug-likeness (QED) is 0.784. The Morgan fingerprint density at radius 3 is 2.59 bits per heavy atom. The number of hydrogen-bond donors (Lipinski definition) is 3. The Bertz CT molecular complexity index is 515. The van der Waals surface area contributed by atoms with Gasteiger partial charge < -0.3 is 16.0 Å². The lowest BCUT2D eigenvalue weighted by molar-refractivity contribution is -0.127. The maximum Gasteiger partial charge on any atom is 0.223 e. The Balaban J connectivity index is 1.66. The summed E-state index contributed by atoms with van der Waals surface area (Å²) in [6.07, 6.45) is 0.954. The summed E-state index contributed by atoms with van der Waals surface area (Å²) in [5.74, 6) is 0.645. The monoisotopic (exact) mass is 305 g/mol. The summed E-state index contributed by atoms with van der Waals surface area (Å²) in [6.45, 7) is 5.56. The Labute approximate surface area is 130 Å². The first-order chi connectivity index (χ1) is 10.6. The second kappa shape index (κ2) is 6.75. The molecule has 0 saturated carbocycles. The zero-order chi connectivity index (χ0) is 15.5. The van der Waals surface area contributed by atoms with Crippen molar-refractivity contribution < 1.29 is 9.18 Å². The van der Waals surface area contributed by atoms with E-state index in [-0.39, 0.29) is 29.6 Å². The normalized spacial score (nSPS) is 27.0. The van der Waals surface area contributed by atoms with Crippen LogP contribution in [-0.4, -0.2) is 38.1 Å². The summed E-state index contributed by atoms with van der Waals surface area (Å²) in [6, 6.07) is 6.74. The predicted octanol–water partition coefficient (Wildman–Crippen LogP) is 1.24. The molecule has 2 heterocycles. The van der Waals surface area contributed by atoms with Gasteiger partial charge in [-0.15, -0.1) is 0 Å². The lowest BCUT2D eigenvalue weighted by Crippen LogP contribution is -2.54. The molecule has 3 rings (SSSR count). The van der Waals surface area contributed by atoms with Crippen LogP contribution in [0.15, 0.2) is 24.3 Å². The van der Waals surface area contributed by atoms with Gasteiger partial charge in [0, 0.05) is 24.4 Å². The van der Waals surface area contributed by atoms with E-state index in [1.807, 2.05) is 19.1 Å². The van der Waals surface area contributed by atoms with Crippen molar-refractivity contribution in [1.82, 2.24) is 16.0 Å². The smallest absolute Gasteiger partial charge is 0.223 e. The molecule has 1 aromatic rings. The summed E-state index contributed by atoms with van der Waals surface area (Å²) in [7, 11) is 0. The van der Waals surface area contributed by atoms with E-state index in [9.17, 15) is 9.18 Å². The SMILES string of the molecule is CC(C(=O)NC1CNCCC1c1ccc(F)cc1)C1CNC1. The van der Waals surface area contributed by atoms with E-state index >= 15 is 0 Å². The molecule has 1 aromatic carbocycles. The molecule has 3 unspecified atom stereocenters. The van der Waals surface area contributed by atoms with Crippen LogP contribution in [0.4, 0.5) is 4.39 Å². The largest absolute Gasteiger partial charge is 0.351 e. The molecule has 2 aliphatic rings. The molecular weight excluding hydrogens is 281 g/mol. The minimum atomic E-state index is -0.218. The number of nitrogens with one attached hydrogen (secondary N) is 3. The van der Waals surface area contributed by atoms with Gasteiger partial charge in [0.15, 0.2) is 0 Å². The average Bonchev–Trinajstić information content (AvgIpc) is 2.47. The molecule has 22 heavy (non-hydrogen) atoms. The number of hydrogen-bond acceptors (Lipinski definition) is 3. The molecule has 2 fully saturated rings. The van der Waals surface area contributed by atoms with Crippen molar-refractivity contribution in [2.24, 2.45) is 11.8 Å². The molecule has 0 bridgehead atoms. The number of amides is 1. The minimum absolute atomic E-state index is 0.0389. The van der Waals surface area contributed by atoms with Crippen molar-refractivity contribution >= 4 is 5.91 Å². The van der Waals surface area contributed by atoms with Crippen LogP contribution in [0, 0.1) is 17.7 Å². The van der Waals surface area contributed by atoms with Crippen molar-refractivity contribution in [3.8, 4) is 0 Å². The molecular formula is C17H24FN3O. The molecule has 3 N–H and O–H groups in total. The number of piperidine rings is 1. The van der Waals surface area contributed by atoms with Crippen LogP contribution < -0.4 is 16.0 Å². The fourth-order valence-corrected chi connectivity index (χ4v) is 3.31. The van der Waals surface area contributed by atoms with E-state index < -0.39 is 0 Å². The molecule has 0 radical (unpaired) electrons. The van der Waals surface area contributed by atoms with E-state index in [4.69, 9.17) is 0 Å². The Morgan fingerprint density at radius 2 is 1.95 bits per heavy atom. The first-order valence-electron chi connectivity index (χ1n) is 8.12. The van der Waals surface area contributed by atoms with E-state index in [1.54, 1.807) is 0 Å². The van der Waals surface area contributed by atoms with Gasteiger partial charge in [0.2, 0.25) is 5.91 Å². The summed E-state index contributed by atoms with van der Waals surface area (Å²) in [5.41, 5.74) is 1.10. The highest BCUT2D eigenvalue weighted by Gasteiger charge is 2.33. The van der Waals surface area contributed by atoms with Gasteiger partial charge in [-0.05, 0) is 49.7 Å². The van der Waals surface area contributed by atoms with Gasteiger partial charge >= 0.3 is 0 Å². The third kappa shape index (κ3) is 3.31. The van der Waals surface area contributed by atoms with E-state index in [0.717, 1.165) is 38.2 Å². The standard InChI is InChI=1S/C17H24FN3O/c1-11(13-8-20-9-13)17(22)21-16-10-19-7-6-15(16)12-2-4-14(18)5-3-12/h2-5,11,13,15-16,19-20H,6-10H2,1H3,(H,21,22). The molecule has 0 aliphatic carbocycles. The van der Waals surface area contributed by atoms with Crippen molar-refractivity contribution in [3.05, 3.63) is 35.6 Å². The zero-order valence-corrected chi connectivity index (χ0v) is 12.9. The number of carbonyl (C=O) groups is 1. The molecule has 2 saturated heterocycles. The van der Waals surface area contributed by atoms with Gasteiger partial charge in [0.05, 0.1) is 0 Å². The molecule has 3 atom stereocenters. The summed E-state index contributed by atoms with van der Waals surface area (Å²) >= 11 is 0. The van der Waals surface area contributed by atoms with Crippen LogP contribution in [-0.2, 0) is 4.79 Å². The number of rotatable bonds is 4. The second-order valence-corrected chi connectivity index (χ2v) is 6.47. The highest BCUT2D eigenvalue weighted by atomic mass is 19.1.